The summed E-state index contributed by atoms with van der Waals surface area (Å²) < 4.78 is 0. The summed E-state index contributed by atoms with van der Waals surface area (Å²) >= 11 is 6.77. The van der Waals surface area contributed by atoms with Gasteiger partial charge in [-0.15, -0.1) is 0 Å². The molecule has 0 amide bonds. The van der Waals surface area contributed by atoms with Gasteiger partial charge < -0.3 is 21.3 Å². The molecule has 7 nitrogen and oxygen atoms in total. The van der Waals surface area contributed by atoms with Gasteiger partial charge in [-0.1, -0.05) is 26.7 Å². The first-order valence-corrected chi connectivity index (χ1v) is 14.9. The molecule has 37 heavy (non-hydrogen) atoms. The predicted octanol–water partition coefficient (Wildman–Crippen LogP) is 5.58. The molecule has 2 saturated heterocycles. The SMILES string of the molecule is CCCCNC1(c2nc(Cl)nc(C3(NCCCC)CC(C)(C)NC(C)(C)C3)n2)CC(C)(C)NC(C)(C)C1. The Hall–Kier alpha value is -0.860. The molecule has 2 fully saturated rings. The Morgan fingerprint density at radius 2 is 0.946 bits per heavy atom. The van der Waals surface area contributed by atoms with Crippen molar-refractivity contribution < 1.29 is 0 Å². The lowest BCUT2D eigenvalue weighted by Gasteiger charge is -2.54. The molecule has 1 aromatic heterocycles. The van der Waals surface area contributed by atoms with E-state index in [9.17, 15) is 0 Å². The van der Waals surface area contributed by atoms with Crippen LogP contribution in [0.5, 0.6) is 0 Å². The molecular weight excluding hydrogens is 482 g/mol. The maximum Gasteiger partial charge on any atom is 0.226 e. The minimum atomic E-state index is -0.392. The summed E-state index contributed by atoms with van der Waals surface area (Å²) in [6, 6.07) is 0. The summed E-state index contributed by atoms with van der Waals surface area (Å²) in [5, 5.41) is 15.8. The first-order valence-electron chi connectivity index (χ1n) is 14.5. The molecule has 0 aliphatic carbocycles. The molecule has 0 saturated carbocycles. The number of hydrogen-bond donors (Lipinski definition) is 4. The quantitative estimate of drug-likeness (QED) is 0.291. The van der Waals surface area contributed by atoms with Crippen LogP contribution < -0.4 is 21.3 Å². The first-order chi connectivity index (χ1) is 17.0. The lowest BCUT2D eigenvalue weighted by Crippen LogP contribution is -2.67. The largest absolute Gasteiger partial charge is 0.307 e. The smallest absolute Gasteiger partial charge is 0.226 e. The number of nitrogens with zero attached hydrogens (tertiary/aromatic N) is 3. The number of piperidine rings is 2. The molecule has 2 aliphatic rings. The molecule has 3 heterocycles. The third-order valence-electron chi connectivity index (χ3n) is 7.78. The van der Waals surface area contributed by atoms with E-state index in [4.69, 9.17) is 26.6 Å². The van der Waals surface area contributed by atoms with Crippen molar-refractivity contribution in [2.45, 2.75) is 154 Å². The molecule has 212 valence electrons. The minimum Gasteiger partial charge on any atom is -0.307 e. The summed E-state index contributed by atoms with van der Waals surface area (Å²) in [4.78, 5) is 15.0. The summed E-state index contributed by atoms with van der Waals surface area (Å²) in [6.45, 7) is 24.5. The van der Waals surface area contributed by atoms with Crippen molar-refractivity contribution in [3.05, 3.63) is 16.9 Å². The predicted molar refractivity (Wildman–Crippen MR) is 155 cm³/mol. The van der Waals surface area contributed by atoms with Crippen LogP contribution in [0.25, 0.3) is 0 Å². The highest BCUT2D eigenvalue weighted by molar-refractivity contribution is 6.28. The van der Waals surface area contributed by atoms with Crippen LogP contribution in [0.15, 0.2) is 0 Å². The van der Waals surface area contributed by atoms with Gasteiger partial charge in [-0.3, -0.25) is 0 Å². The van der Waals surface area contributed by atoms with Crippen LogP contribution >= 0.6 is 11.6 Å². The zero-order valence-corrected chi connectivity index (χ0v) is 26.0. The lowest BCUT2D eigenvalue weighted by atomic mass is 9.69. The fourth-order valence-corrected chi connectivity index (χ4v) is 7.82. The van der Waals surface area contributed by atoms with Crippen LogP contribution in [0.2, 0.25) is 5.28 Å². The maximum atomic E-state index is 6.77. The van der Waals surface area contributed by atoms with Crippen LogP contribution in [0.1, 0.15) is 132 Å². The van der Waals surface area contributed by atoms with E-state index in [1.54, 1.807) is 0 Å². The Balaban J connectivity index is 2.17. The molecule has 0 atom stereocenters. The van der Waals surface area contributed by atoms with Crippen molar-refractivity contribution in [2.24, 2.45) is 0 Å². The van der Waals surface area contributed by atoms with E-state index in [-0.39, 0.29) is 27.4 Å². The Bertz CT molecular complexity index is 823. The van der Waals surface area contributed by atoms with Crippen molar-refractivity contribution >= 4 is 11.6 Å². The van der Waals surface area contributed by atoms with E-state index in [1.807, 2.05) is 0 Å². The molecule has 0 bridgehead atoms. The highest BCUT2D eigenvalue weighted by Crippen LogP contribution is 2.44. The van der Waals surface area contributed by atoms with E-state index in [2.05, 4.69) is 90.5 Å². The van der Waals surface area contributed by atoms with Gasteiger partial charge in [0.15, 0.2) is 11.6 Å². The average Bonchev–Trinajstić information content (AvgIpc) is 2.69. The van der Waals surface area contributed by atoms with E-state index in [0.29, 0.717) is 0 Å². The van der Waals surface area contributed by atoms with Gasteiger partial charge in [0.05, 0.1) is 11.1 Å². The van der Waals surface area contributed by atoms with Gasteiger partial charge in [-0.25, -0.2) is 15.0 Å². The van der Waals surface area contributed by atoms with Gasteiger partial charge >= 0.3 is 0 Å². The molecule has 1 aromatic rings. The van der Waals surface area contributed by atoms with Crippen LogP contribution in [0, 0.1) is 0 Å². The third-order valence-corrected chi connectivity index (χ3v) is 7.95. The molecule has 0 aromatic carbocycles. The van der Waals surface area contributed by atoms with Crippen LogP contribution in [-0.4, -0.2) is 50.2 Å². The summed E-state index contributed by atoms with van der Waals surface area (Å²) in [5.74, 6) is 1.57. The van der Waals surface area contributed by atoms with Gasteiger partial charge in [-0.2, -0.15) is 0 Å². The van der Waals surface area contributed by atoms with Crippen molar-refractivity contribution in [3.8, 4) is 0 Å². The number of rotatable bonds is 10. The Labute approximate surface area is 231 Å². The molecule has 0 radical (unpaired) electrons. The fraction of sp³-hybridized carbons (Fsp3) is 0.897. The molecule has 3 rings (SSSR count). The topological polar surface area (TPSA) is 86.8 Å². The molecular formula is C29H54ClN7. The maximum absolute atomic E-state index is 6.77. The van der Waals surface area contributed by atoms with Gasteiger partial charge in [0.2, 0.25) is 5.28 Å². The molecule has 4 N–H and O–H groups in total. The van der Waals surface area contributed by atoms with Crippen LogP contribution in [0.4, 0.5) is 0 Å². The van der Waals surface area contributed by atoms with Gasteiger partial charge in [0, 0.05) is 22.2 Å². The van der Waals surface area contributed by atoms with Crippen LogP contribution in [-0.2, 0) is 11.1 Å². The zero-order valence-electron chi connectivity index (χ0n) is 25.3. The van der Waals surface area contributed by atoms with Crippen molar-refractivity contribution in [3.63, 3.8) is 0 Å². The minimum absolute atomic E-state index is 0.0873. The van der Waals surface area contributed by atoms with Gasteiger partial charge in [0.25, 0.3) is 0 Å². The highest BCUT2D eigenvalue weighted by Gasteiger charge is 2.52. The monoisotopic (exact) mass is 535 g/mol. The number of nitrogens with one attached hydrogen (secondary N) is 4. The van der Waals surface area contributed by atoms with Crippen molar-refractivity contribution in [2.75, 3.05) is 13.1 Å². The Morgan fingerprint density at radius 1 is 0.622 bits per heavy atom. The number of aromatic nitrogens is 3. The highest BCUT2D eigenvalue weighted by atomic mass is 35.5. The lowest BCUT2D eigenvalue weighted by molar-refractivity contribution is 0.0640. The molecule has 0 unspecified atom stereocenters. The number of unbranched alkanes of at least 4 members (excludes halogenated alkanes) is 2. The molecule has 2 aliphatic heterocycles. The van der Waals surface area contributed by atoms with E-state index in [1.165, 1.54) is 0 Å². The van der Waals surface area contributed by atoms with Crippen molar-refractivity contribution in [1.29, 1.82) is 0 Å². The standard InChI is InChI=1S/C29H54ClN7/c1-11-13-15-31-28(17-24(3,4)36-25(5,6)18-28)21-33-22(35-23(30)34-21)29(32-16-14-12-2)19-26(7,8)37-27(9,10)20-29/h31-32,36-37H,11-20H2,1-10H3. The summed E-state index contributed by atoms with van der Waals surface area (Å²) in [5.41, 5.74) is -1.13. The fourth-order valence-electron chi connectivity index (χ4n) is 7.66. The second-order valence-electron chi connectivity index (χ2n) is 14.5. The summed E-state index contributed by atoms with van der Waals surface area (Å²) in [7, 11) is 0. The number of hydrogen-bond acceptors (Lipinski definition) is 7. The normalized spacial score (nSPS) is 25.1. The Morgan fingerprint density at radius 3 is 1.24 bits per heavy atom. The van der Waals surface area contributed by atoms with Crippen molar-refractivity contribution in [1.82, 2.24) is 36.2 Å². The first kappa shape index (κ1) is 30.7. The van der Waals surface area contributed by atoms with E-state index >= 15 is 0 Å². The van der Waals surface area contributed by atoms with Gasteiger partial charge in [0.1, 0.15) is 0 Å². The zero-order chi connectivity index (χ0) is 27.8. The van der Waals surface area contributed by atoms with E-state index in [0.717, 1.165) is 76.1 Å². The van der Waals surface area contributed by atoms with E-state index < -0.39 is 11.1 Å². The second kappa shape index (κ2) is 11.0. The average molecular weight is 536 g/mol. The summed E-state index contributed by atoms with van der Waals surface area (Å²) in [6.07, 6.45) is 8.00. The third kappa shape index (κ3) is 7.63. The van der Waals surface area contributed by atoms with Crippen LogP contribution in [0.3, 0.4) is 0 Å². The number of halogens is 1. The molecule has 8 heteroatoms. The second-order valence-corrected chi connectivity index (χ2v) is 14.8. The molecule has 0 spiro atoms. The van der Waals surface area contributed by atoms with Gasteiger partial charge in [-0.05, 0) is 119 Å². The Kier molecular flexibility index (Phi) is 9.08.